The second-order valence-corrected chi connectivity index (χ2v) is 13.0. The highest BCUT2D eigenvalue weighted by Crippen LogP contribution is 2.34. The molecule has 0 aliphatic carbocycles. The number of carbonyl (C=O) groups excluding carboxylic acids is 5. The van der Waals surface area contributed by atoms with E-state index < -0.39 is 91.5 Å². The maximum Gasteiger partial charge on any atom is 0.303 e. The lowest BCUT2D eigenvalue weighted by Crippen LogP contribution is -2.70. The van der Waals surface area contributed by atoms with Gasteiger partial charge >= 0.3 is 17.9 Å². The summed E-state index contributed by atoms with van der Waals surface area (Å²) in [7, 11) is 0. The molecular formula is C39H50N2O13. The maximum absolute atomic E-state index is 12.7. The van der Waals surface area contributed by atoms with Crippen molar-refractivity contribution in [3.63, 3.8) is 0 Å². The molecule has 2 aromatic carbocycles. The molecule has 2 N–H and O–H groups in total. The Morgan fingerprint density at radius 2 is 1.20 bits per heavy atom. The summed E-state index contributed by atoms with van der Waals surface area (Å²) in [6.07, 6.45) is -5.34. The summed E-state index contributed by atoms with van der Waals surface area (Å²) in [6.45, 7) is 7.87. The minimum atomic E-state index is -1.45. The van der Waals surface area contributed by atoms with Gasteiger partial charge in [0.1, 0.15) is 37.1 Å². The Labute approximate surface area is 314 Å². The number of ether oxygens (including phenoxy) is 8. The van der Waals surface area contributed by atoms with Gasteiger partial charge < -0.3 is 48.5 Å². The van der Waals surface area contributed by atoms with Crippen molar-refractivity contribution in [1.29, 1.82) is 0 Å². The van der Waals surface area contributed by atoms with Crippen LogP contribution in [0.2, 0.25) is 0 Å². The van der Waals surface area contributed by atoms with Gasteiger partial charge in [-0.3, -0.25) is 24.0 Å². The molecule has 2 fully saturated rings. The Balaban J connectivity index is 1.81. The number of hydrogen-bond acceptors (Lipinski definition) is 13. The zero-order valence-electron chi connectivity index (χ0n) is 31.3. The summed E-state index contributed by atoms with van der Waals surface area (Å²) in [4.78, 5) is 62.1. The van der Waals surface area contributed by atoms with Crippen LogP contribution in [0.1, 0.15) is 52.7 Å². The quantitative estimate of drug-likeness (QED) is 0.145. The topological polar surface area (TPSA) is 183 Å². The third-order valence-corrected chi connectivity index (χ3v) is 8.52. The first-order valence-corrected chi connectivity index (χ1v) is 17.7. The van der Waals surface area contributed by atoms with Crippen LogP contribution >= 0.6 is 0 Å². The van der Waals surface area contributed by atoms with Gasteiger partial charge in [-0.15, -0.1) is 0 Å². The SMILES string of the molecule is C/C=C/[C@H]1OC(COCc2ccccc2)[C@@H](O[C@@H]2OC(COC(C)=O)[C@@H](OC(C)=O)C(OC(C)=O)C2NC(C)=O)C(OCc2ccccc2)C1NC(C)=O. The van der Waals surface area contributed by atoms with Crippen molar-refractivity contribution in [2.45, 2.75) is 116 Å². The van der Waals surface area contributed by atoms with Crippen molar-refractivity contribution in [2.24, 2.45) is 0 Å². The molecule has 0 aromatic heterocycles. The van der Waals surface area contributed by atoms with E-state index >= 15 is 0 Å². The molecule has 294 valence electrons. The third kappa shape index (κ3) is 12.5. The molecule has 0 bridgehead atoms. The fraction of sp³-hybridized carbons (Fsp3) is 0.513. The average molecular weight is 755 g/mol. The second-order valence-electron chi connectivity index (χ2n) is 13.0. The van der Waals surface area contributed by atoms with Crippen LogP contribution in [0.25, 0.3) is 0 Å². The van der Waals surface area contributed by atoms with Gasteiger partial charge in [0.15, 0.2) is 18.5 Å². The Morgan fingerprint density at radius 3 is 1.76 bits per heavy atom. The molecule has 15 heteroatoms. The van der Waals surface area contributed by atoms with E-state index in [2.05, 4.69) is 10.6 Å². The fourth-order valence-corrected chi connectivity index (χ4v) is 6.41. The summed E-state index contributed by atoms with van der Waals surface area (Å²) < 4.78 is 49.1. The molecule has 0 radical (unpaired) electrons. The second kappa shape index (κ2) is 20.7. The molecule has 2 aliphatic heterocycles. The van der Waals surface area contributed by atoms with Crippen molar-refractivity contribution in [1.82, 2.24) is 10.6 Å². The lowest BCUT2D eigenvalue weighted by molar-refractivity contribution is -0.319. The molecule has 0 saturated carbocycles. The van der Waals surface area contributed by atoms with E-state index in [0.717, 1.165) is 25.0 Å². The fourth-order valence-electron chi connectivity index (χ4n) is 6.41. The Bertz CT molecular complexity index is 1570. The van der Waals surface area contributed by atoms with Gasteiger partial charge in [-0.25, -0.2) is 0 Å². The predicted molar refractivity (Wildman–Crippen MR) is 191 cm³/mol. The number of allylic oxidation sites excluding steroid dienone is 1. The molecule has 54 heavy (non-hydrogen) atoms. The summed E-state index contributed by atoms with van der Waals surface area (Å²) in [5.74, 6) is -3.04. The highest BCUT2D eigenvalue weighted by Gasteiger charge is 2.55. The van der Waals surface area contributed by atoms with Crippen LogP contribution in [-0.4, -0.2) is 104 Å². The van der Waals surface area contributed by atoms with Crippen molar-refractivity contribution >= 4 is 29.7 Å². The van der Waals surface area contributed by atoms with Gasteiger partial charge in [0, 0.05) is 34.6 Å². The monoisotopic (exact) mass is 754 g/mol. The van der Waals surface area contributed by atoms with Gasteiger partial charge in [-0.05, 0) is 18.1 Å². The molecule has 0 spiro atoms. The number of hydrogen-bond donors (Lipinski definition) is 2. The Kier molecular flexibility index (Phi) is 16.1. The molecule has 4 rings (SSSR count). The molecule has 15 nitrogen and oxygen atoms in total. The Morgan fingerprint density at radius 1 is 0.648 bits per heavy atom. The zero-order valence-corrected chi connectivity index (χ0v) is 31.3. The smallest absolute Gasteiger partial charge is 0.303 e. The van der Waals surface area contributed by atoms with Crippen LogP contribution in [0.4, 0.5) is 0 Å². The molecule has 2 aromatic rings. The van der Waals surface area contributed by atoms with Crippen LogP contribution < -0.4 is 10.6 Å². The molecule has 2 aliphatic rings. The van der Waals surface area contributed by atoms with E-state index in [1.54, 1.807) is 12.2 Å². The van der Waals surface area contributed by atoms with Gasteiger partial charge in [0.05, 0.1) is 32.0 Å². The first-order chi connectivity index (χ1) is 25.9. The van der Waals surface area contributed by atoms with Crippen molar-refractivity contribution < 1.29 is 61.9 Å². The standard InChI is InChI=1S/C39H50N2O13/c1-7-14-30-33(40-23(2)42)37(49-20-29-17-12-9-13-18-29)35(31(52-30)21-47-19-28-15-10-8-11-16-28)54-39-34(41-24(3)43)38(51-27(6)46)36(50-26(5)45)32(53-39)22-48-25(4)44/h7-18,30-39H,19-22H2,1-6H3,(H,40,42)(H,41,43)/b14-7+/t30-,31?,32?,33?,34?,35-,36-,37?,38?,39+/m1/s1. The van der Waals surface area contributed by atoms with E-state index in [-0.39, 0.29) is 25.7 Å². The summed E-state index contributed by atoms with van der Waals surface area (Å²) in [5.41, 5.74) is 1.76. The first kappa shape index (κ1) is 42.1. The van der Waals surface area contributed by atoms with Gasteiger partial charge in [-0.2, -0.15) is 0 Å². The summed E-state index contributed by atoms with van der Waals surface area (Å²) >= 11 is 0. The number of carbonyl (C=O) groups is 5. The molecule has 10 atom stereocenters. The number of esters is 3. The van der Waals surface area contributed by atoms with Crippen molar-refractivity contribution in [3.8, 4) is 0 Å². The largest absolute Gasteiger partial charge is 0.463 e. The Hall–Kier alpha value is -4.67. The first-order valence-electron chi connectivity index (χ1n) is 17.7. The van der Waals surface area contributed by atoms with Crippen molar-refractivity contribution in [3.05, 3.63) is 83.9 Å². The van der Waals surface area contributed by atoms with Crippen LogP contribution in [0.3, 0.4) is 0 Å². The van der Waals surface area contributed by atoms with Crippen LogP contribution in [0, 0.1) is 0 Å². The van der Waals surface area contributed by atoms with Crippen LogP contribution in [0.5, 0.6) is 0 Å². The van der Waals surface area contributed by atoms with E-state index in [0.29, 0.717) is 0 Å². The number of benzene rings is 2. The number of amides is 2. The molecule has 6 unspecified atom stereocenters. The lowest BCUT2D eigenvalue weighted by atomic mass is 9.91. The molecule has 2 amide bonds. The van der Waals surface area contributed by atoms with Crippen LogP contribution in [0.15, 0.2) is 72.8 Å². The molecule has 2 heterocycles. The number of nitrogens with one attached hydrogen (secondary N) is 2. The van der Waals surface area contributed by atoms with Gasteiger partial charge in [0.25, 0.3) is 0 Å². The summed E-state index contributed by atoms with van der Waals surface area (Å²) in [5, 5.41) is 5.70. The highest BCUT2D eigenvalue weighted by atomic mass is 16.7. The van der Waals surface area contributed by atoms with Crippen LogP contribution in [-0.2, 0) is 75.1 Å². The molecular weight excluding hydrogens is 704 g/mol. The van der Waals surface area contributed by atoms with Crippen molar-refractivity contribution in [2.75, 3.05) is 13.2 Å². The maximum atomic E-state index is 12.7. The highest BCUT2D eigenvalue weighted by molar-refractivity contribution is 5.74. The minimum absolute atomic E-state index is 0.0105. The average Bonchev–Trinajstić information content (AvgIpc) is 3.11. The lowest BCUT2D eigenvalue weighted by Gasteiger charge is -2.50. The summed E-state index contributed by atoms with van der Waals surface area (Å²) in [6, 6.07) is 16.9. The van der Waals surface area contributed by atoms with E-state index in [1.807, 2.05) is 67.6 Å². The van der Waals surface area contributed by atoms with Gasteiger partial charge in [0.2, 0.25) is 11.8 Å². The molecule has 2 saturated heterocycles. The van der Waals surface area contributed by atoms with E-state index in [1.165, 1.54) is 20.8 Å². The van der Waals surface area contributed by atoms with E-state index in [4.69, 9.17) is 37.9 Å². The third-order valence-electron chi connectivity index (χ3n) is 8.52. The number of rotatable bonds is 16. The minimum Gasteiger partial charge on any atom is -0.463 e. The predicted octanol–water partition coefficient (Wildman–Crippen LogP) is 2.68. The van der Waals surface area contributed by atoms with E-state index in [9.17, 15) is 24.0 Å². The van der Waals surface area contributed by atoms with Gasteiger partial charge in [-0.1, -0.05) is 72.8 Å². The normalized spacial score (nSPS) is 28.1. The zero-order chi connectivity index (χ0) is 39.2.